The van der Waals surface area contributed by atoms with Crippen molar-refractivity contribution in [3.63, 3.8) is 0 Å². The molecule has 4 nitrogen and oxygen atoms in total. The lowest BCUT2D eigenvalue weighted by Gasteiger charge is -2.34. The van der Waals surface area contributed by atoms with E-state index in [1.807, 2.05) is 0 Å². The minimum Gasteiger partial charge on any atom is -0.314 e. The number of sulfonamides is 1. The fourth-order valence-electron chi connectivity index (χ4n) is 3.05. The summed E-state index contributed by atoms with van der Waals surface area (Å²) in [6.45, 7) is 2.06. The molecule has 1 N–H and O–H groups in total. The zero-order chi connectivity index (χ0) is 14.3. The summed E-state index contributed by atoms with van der Waals surface area (Å²) in [6, 6.07) is 5.18. The molecule has 2 unspecified atom stereocenters. The topological polar surface area (TPSA) is 49.4 Å². The molecule has 0 spiro atoms. The fourth-order valence-corrected chi connectivity index (χ4v) is 5.30. The predicted molar refractivity (Wildman–Crippen MR) is 79.7 cm³/mol. The first-order chi connectivity index (χ1) is 9.50. The Bertz CT molecular complexity index is 621. The van der Waals surface area contributed by atoms with Crippen LogP contribution in [0.25, 0.3) is 0 Å². The Morgan fingerprint density at radius 1 is 1.25 bits per heavy atom. The molecule has 2 fully saturated rings. The molecule has 2 aliphatic rings. The van der Waals surface area contributed by atoms with Gasteiger partial charge < -0.3 is 5.32 Å². The molecule has 0 saturated carbocycles. The van der Waals surface area contributed by atoms with Crippen molar-refractivity contribution < 1.29 is 8.42 Å². The summed E-state index contributed by atoms with van der Waals surface area (Å²) >= 11 is 12.0. The van der Waals surface area contributed by atoms with Gasteiger partial charge in [-0.1, -0.05) is 29.3 Å². The highest BCUT2D eigenvalue weighted by molar-refractivity contribution is 7.89. The highest BCUT2D eigenvalue weighted by Crippen LogP contribution is 2.34. The van der Waals surface area contributed by atoms with Crippen LogP contribution in [0.3, 0.4) is 0 Å². The first-order valence-electron chi connectivity index (χ1n) is 6.67. The van der Waals surface area contributed by atoms with Crippen LogP contribution in [0.2, 0.25) is 10.0 Å². The molecule has 0 bridgehead atoms. The first-order valence-corrected chi connectivity index (χ1v) is 8.87. The molecule has 2 atom stereocenters. The third-order valence-electron chi connectivity index (χ3n) is 4.15. The third-order valence-corrected chi connectivity index (χ3v) is 6.99. The van der Waals surface area contributed by atoms with Crippen molar-refractivity contribution in [1.82, 2.24) is 9.62 Å². The maximum absolute atomic E-state index is 12.7. The molecular weight excluding hydrogens is 319 g/mol. The van der Waals surface area contributed by atoms with E-state index < -0.39 is 10.0 Å². The zero-order valence-electron chi connectivity index (χ0n) is 10.9. The van der Waals surface area contributed by atoms with Crippen LogP contribution in [0, 0.1) is 5.92 Å². The Kier molecular flexibility index (Phi) is 3.99. The summed E-state index contributed by atoms with van der Waals surface area (Å²) in [6.07, 6.45) is 1.88. The first kappa shape index (κ1) is 14.6. The number of halogens is 2. The standard InChI is InChI=1S/C13H16Cl2N2O2S/c14-10-2-1-3-12(13(10)15)20(18,19)17-7-5-11-9(8-17)4-6-16-11/h1-3,9,11,16H,4-8H2. The van der Waals surface area contributed by atoms with Crippen molar-refractivity contribution >= 4 is 33.2 Å². The molecule has 0 aliphatic carbocycles. The molecule has 110 valence electrons. The van der Waals surface area contributed by atoms with E-state index in [0.717, 1.165) is 19.4 Å². The molecule has 1 aromatic carbocycles. The van der Waals surface area contributed by atoms with Crippen molar-refractivity contribution in [1.29, 1.82) is 0 Å². The van der Waals surface area contributed by atoms with Crippen LogP contribution < -0.4 is 5.32 Å². The number of hydrogen-bond acceptors (Lipinski definition) is 3. The van der Waals surface area contributed by atoms with E-state index >= 15 is 0 Å². The molecule has 2 saturated heterocycles. The van der Waals surface area contributed by atoms with Gasteiger partial charge in [-0.2, -0.15) is 4.31 Å². The van der Waals surface area contributed by atoms with E-state index in [2.05, 4.69) is 5.32 Å². The summed E-state index contributed by atoms with van der Waals surface area (Å²) in [7, 11) is -3.56. The average Bonchev–Trinajstić information content (AvgIpc) is 2.89. The monoisotopic (exact) mass is 334 g/mol. The molecule has 2 heterocycles. The quantitative estimate of drug-likeness (QED) is 0.903. The second-order valence-corrected chi connectivity index (χ2v) is 8.00. The van der Waals surface area contributed by atoms with Gasteiger partial charge in [0.15, 0.2) is 0 Å². The Labute approximate surface area is 129 Å². The summed E-state index contributed by atoms with van der Waals surface area (Å²) < 4.78 is 27.0. The molecule has 0 amide bonds. The van der Waals surface area contributed by atoms with Crippen LogP contribution in [0.4, 0.5) is 0 Å². The summed E-state index contributed by atoms with van der Waals surface area (Å²) in [5, 5.41) is 3.80. The number of hydrogen-bond donors (Lipinski definition) is 1. The highest BCUT2D eigenvalue weighted by Gasteiger charge is 2.38. The maximum atomic E-state index is 12.7. The Hall–Kier alpha value is -0.330. The summed E-state index contributed by atoms with van der Waals surface area (Å²) in [5.41, 5.74) is 0. The SMILES string of the molecule is O=S(=O)(c1cccc(Cl)c1Cl)N1CCC2NCCC2C1. The maximum Gasteiger partial charge on any atom is 0.244 e. The molecule has 3 rings (SSSR count). The molecule has 7 heteroatoms. The summed E-state index contributed by atoms with van der Waals surface area (Å²) in [4.78, 5) is 0.107. The number of fused-ring (bicyclic) bond motifs is 1. The molecule has 20 heavy (non-hydrogen) atoms. The largest absolute Gasteiger partial charge is 0.314 e. The highest BCUT2D eigenvalue weighted by atomic mass is 35.5. The van der Waals surface area contributed by atoms with Crippen molar-refractivity contribution in [3.05, 3.63) is 28.2 Å². The summed E-state index contributed by atoms with van der Waals surface area (Å²) in [5.74, 6) is 0.400. The number of rotatable bonds is 2. The van der Waals surface area contributed by atoms with Gasteiger partial charge in [-0.3, -0.25) is 0 Å². The van der Waals surface area contributed by atoms with E-state index in [1.165, 1.54) is 6.07 Å². The van der Waals surface area contributed by atoms with E-state index in [1.54, 1.807) is 16.4 Å². The lowest BCUT2D eigenvalue weighted by Crippen LogP contribution is -2.46. The van der Waals surface area contributed by atoms with E-state index in [0.29, 0.717) is 25.0 Å². The smallest absolute Gasteiger partial charge is 0.244 e. The van der Waals surface area contributed by atoms with Gasteiger partial charge in [0.25, 0.3) is 0 Å². The number of piperidine rings is 1. The van der Waals surface area contributed by atoms with Crippen LogP contribution in [-0.2, 0) is 10.0 Å². The zero-order valence-corrected chi connectivity index (χ0v) is 13.2. The van der Waals surface area contributed by atoms with Gasteiger partial charge in [0.2, 0.25) is 10.0 Å². The van der Waals surface area contributed by atoms with Crippen LogP contribution in [-0.4, -0.2) is 38.4 Å². The Morgan fingerprint density at radius 3 is 2.85 bits per heavy atom. The predicted octanol–water partition coefficient (Wildman–Crippen LogP) is 2.37. The lowest BCUT2D eigenvalue weighted by atomic mass is 9.95. The number of benzene rings is 1. The Morgan fingerprint density at radius 2 is 2.05 bits per heavy atom. The van der Waals surface area contributed by atoms with Gasteiger partial charge in [0, 0.05) is 19.1 Å². The molecule has 0 radical (unpaired) electrons. The minimum atomic E-state index is -3.56. The van der Waals surface area contributed by atoms with Crippen LogP contribution in [0.5, 0.6) is 0 Å². The normalized spacial score (nSPS) is 27.5. The van der Waals surface area contributed by atoms with Crippen molar-refractivity contribution in [2.24, 2.45) is 5.92 Å². The minimum absolute atomic E-state index is 0.107. The van der Waals surface area contributed by atoms with Crippen LogP contribution in [0.15, 0.2) is 23.1 Å². The molecule has 2 aliphatic heterocycles. The number of nitrogens with zero attached hydrogens (tertiary/aromatic N) is 1. The van der Waals surface area contributed by atoms with Crippen LogP contribution >= 0.6 is 23.2 Å². The van der Waals surface area contributed by atoms with Gasteiger partial charge in [-0.15, -0.1) is 0 Å². The van der Waals surface area contributed by atoms with Crippen molar-refractivity contribution in [2.45, 2.75) is 23.8 Å². The van der Waals surface area contributed by atoms with E-state index in [9.17, 15) is 8.42 Å². The van der Waals surface area contributed by atoms with Crippen molar-refractivity contribution in [3.8, 4) is 0 Å². The fraction of sp³-hybridized carbons (Fsp3) is 0.538. The molecule has 0 aromatic heterocycles. The van der Waals surface area contributed by atoms with Crippen molar-refractivity contribution in [2.75, 3.05) is 19.6 Å². The van der Waals surface area contributed by atoms with Gasteiger partial charge in [0.05, 0.1) is 10.0 Å². The lowest BCUT2D eigenvalue weighted by molar-refractivity contribution is 0.247. The van der Waals surface area contributed by atoms with E-state index in [4.69, 9.17) is 23.2 Å². The van der Waals surface area contributed by atoms with Gasteiger partial charge in [-0.25, -0.2) is 8.42 Å². The van der Waals surface area contributed by atoms with E-state index in [-0.39, 0.29) is 14.9 Å². The second-order valence-electron chi connectivity index (χ2n) is 5.31. The molecule has 1 aromatic rings. The Balaban J connectivity index is 1.90. The van der Waals surface area contributed by atoms with Gasteiger partial charge in [-0.05, 0) is 37.4 Å². The van der Waals surface area contributed by atoms with Gasteiger partial charge in [0.1, 0.15) is 4.90 Å². The van der Waals surface area contributed by atoms with Gasteiger partial charge >= 0.3 is 0 Å². The second kappa shape index (κ2) is 5.46. The molecular formula is C13H16Cl2N2O2S. The number of nitrogens with one attached hydrogen (secondary N) is 1. The third kappa shape index (κ3) is 2.46. The van der Waals surface area contributed by atoms with Crippen LogP contribution in [0.1, 0.15) is 12.8 Å². The average molecular weight is 335 g/mol.